The number of hydrogen-bond acceptors (Lipinski definition) is 6. The van der Waals surface area contributed by atoms with Gasteiger partial charge in [0.05, 0.1) is 6.61 Å². The van der Waals surface area contributed by atoms with E-state index in [4.69, 9.17) is 14.2 Å². The zero-order valence-electron chi connectivity index (χ0n) is 18.9. The van der Waals surface area contributed by atoms with Crippen molar-refractivity contribution in [1.82, 2.24) is 10.2 Å². The van der Waals surface area contributed by atoms with Gasteiger partial charge in [0.25, 0.3) is 0 Å². The van der Waals surface area contributed by atoms with Crippen molar-refractivity contribution in [3.8, 4) is 0 Å². The zero-order chi connectivity index (χ0) is 22.9. The maximum absolute atomic E-state index is 12.6. The highest BCUT2D eigenvalue weighted by molar-refractivity contribution is 5.79. The molecule has 1 aromatic carbocycles. The van der Waals surface area contributed by atoms with E-state index in [1.807, 2.05) is 51.1 Å². The van der Waals surface area contributed by atoms with E-state index in [9.17, 15) is 14.4 Å². The largest absolute Gasteiger partial charge is 0.463 e. The van der Waals surface area contributed by atoms with Crippen LogP contribution < -0.4 is 5.32 Å². The van der Waals surface area contributed by atoms with Gasteiger partial charge in [-0.1, -0.05) is 30.3 Å². The number of amides is 2. The maximum atomic E-state index is 12.6. The molecular weight excluding hydrogens is 400 g/mol. The standard InChI is InChI=1S/C23H34N2O6/c1-5-29-20(26)19(15-17-9-7-6-8-10-17)30-22(28)25-13-11-18(12-14-25)16-24-21(27)31-23(2,3)4/h6-10,18-19H,5,11-16H2,1-4H3,(H,24,27)/t19-/m0/s1. The summed E-state index contributed by atoms with van der Waals surface area (Å²) >= 11 is 0. The van der Waals surface area contributed by atoms with Gasteiger partial charge < -0.3 is 24.4 Å². The highest BCUT2D eigenvalue weighted by Gasteiger charge is 2.30. The number of benzene rings is 1. The van der Waals surface area contributed by atoms with Gasteiger partial charge in [-0.2, -0.15) is 0 Å². The number of nitrogens with zero attached hydrogens (tertiary/aromatic N) is 1. The topological polar surface area (TPSA) is 94.2 Å². The third-order valence-electron chi connectivity index (χ3n) is 4.86. The Morgan fingerprint density at radius 2 is 1.77 bits per heavy atom. The van der Waals surface area contributed by atoms with Gasteiger partial charge >= 0.3 is 18.2 Å². The molecule has 0 bridgehead atoms. The number of piperidine rings is 1. The molecule has 0 radical (unpaired) electrons. The lowest BCUT2D eigenvalue weighted by Gasteiger charge is -2.32. The van der Waals surface area contributed by atoms with Gasteiger partial charge in [-0.25, -0.2) is 14.4 Å². The number of rotatable bonds is 7. The fourth-order valence-corrected chi connectivity index (χ4v) is 3.29. The lowest BCUT2D eigenvalue weighted by Crippen LogP contribution is -2.44. The number of ether oxygens (including phenoxy) is 3. The Balaban J connectivity index is 1.82. The third kappa shape index (κ3) is 8.86. The monoisotopic (exact) mass is 434 g/mol. The number of likely N-dealkylation sites (tertiary alicyclic amines) is 1. The van der Waals surface area contributed by atoms with Crippen LogP contribution in [0.1, 0.15) is 46.1 Å². The second-order valence-corrected chi connectivity index (χ2v) is 8.63. The lowest BCUT2D eigenvalue weighted by atomic mass is 9.97. The van der Waals surface area contributed by atoms with Crippen LogP contribution >= 0.6 is 0 Å². The summed E-state index contributed by atoms with van der Waals surface area (Å²) in [5, 5.41) is 2.78. The average molecular weight is 435 g/mol. The molecule has 1 aliphatic rings. The molecule has 0 unspecified atom stereocenters. The molecule has 1 N–H and O–H groups in total. The molecule has 172 valence electrons. The molecule has 31 heavy (non-hydrogen) atoms. The summed E-state index contributed by atoms with van der Waals surface area (Å²) < 4.78 is 15.8. The Labute approximate surface area is 184 Å². The van der Waals surface area contributed by atoms with E-state index < -0.39 is 29.9 Å². The minimum absolute atomic E-state index is 0.220. The van der Waals surface area contributed by atoms with Crippen LogP contribution in [0, 0.1) is 5.92 Å². The van der Waals surface area contributed by atoms with Crippen molar-refractivity contribution in [1.29, 1.82) is 0 Å². The highest BCUT2D eigenvalue weighted by atomic mass is 16.6. The SMILES string of the molecule is CCOC(=O)[C@H](Cc1ccccc1)OC(=O)N1CCC(CNC(=O)OC(C)(C)C)CC1. The van der Waals surface area contributed by atoms with Gasteiger partial charge in [0, 0.05) is 26.1 Å². The number of carbonyl (C=O) groups is 3. The molecule has 1 atom stereocenters. The number of esters is 1. The number of carbonyl (C=O) groups excluding carboxylic acids is 3. The van der Waals surface area contributed by atoms with E-state index in [0.717, 1.165) is 18.4 Å². The summed E-state index contributed by atoms with van der Waals surface area (Å²) in [5.74, 6) is -0.294. The summed E-state index contributed by atoms with van der Waals surface area (Å²) in [6, 6.07) is 9.38. The van der Waals surface area contributed by atoms with Crippen LogP contribution in [0.25, 0.3) is 0 Å². The summed E-state index contributed by atoms with van der Waals surface area (Å²) in [4.78, 5) is 38.3. The maximum Gasteiger partial charge on any atom is 0.410 e. The summed E-state index contributed by atoms with van der Waals surface area (Å²) in [5.41, 5.74) is 0.354. The summed E-state index contributed by atoms with van der Waals surface area (Å²) in [6.07, 6.45) is -0.218. The molecule has 0 saturated carbocycles. The van der Waals surface area contributed by atoms with Crippen molar-refractivity contribution >= 4 is 18.2 Å². The van der Waals surface area contributed by atoms with Gasteiger partial charge in [0.2, 0.25) is 6.10 Å². The number of nitrogens with one attached hydrogen (secondary N) is 1. The van der Waals surface area contributed by atoms with E-state index in [1.54, 1.807) is 11.8 Å². The highest BCUT2D eigenvalue weighted by Crippen LogP contribution is 2.19. The number of alkyl carbamates (subject to hydrolysis) is 1. The predicted molar refractivity (Wildman–Crippen MR) is 116 cm³/mol. The second kappa shape index (κ2) is 11.6. The minimum atomic E-state index is -0.985. The second-order valence-electron chi connectivity index (χ2n) is 8.63. The van der Waals surface area contributed by atoms with Gasteiger partial charge in [-0.05, 0) is 52.0 Å². The van der Waals surface area contributed by atoms with Crippen LogP contribution in [0.5, 0.6) is 0 Å². The van der Waals surface area contributed by atoms with E-state index in [2.05, 4.69) is 5.32 Å². The normalized spacial score (nSPS) is 15.7. The predicted octanol–water partition coefficient (Wildman–Crippen LogP) is 3.53. The van der Waals surface area contributed by atoms with Crippen molar-refractivity contribution in [2.75, 3.05) is 26.2 Å². The Morgan fingerprint density at radius 3 is 2.35 bits per heavy atom. The van der Waals surface area contributed by atoms with Gasteiger partial charge in [-0.3, -0.25) is 0 Å². The fraction of sp³-hybridized carbons (Fsp3) is 0.609. The minimum Gasteiger partial charge on any atom is -0.463 e. The van der Waals surface area contributed by atoms with Gasteiger partial charge in [-0.15, -0.1) is 0 Å². The first-order valence-electron chi connectivity index (χ1n) is 10.8. The molecule has 0 aliphatic carbocycles. The molecule has 8 nitrogen and oxygen atoms in total. The van der Waals surface area contributed by atoms with Crippen molar-refractivity contribution in [2.24, 2.45) is 5.92 Å². The molecule has 8 heteroatoms. The first kappa shape index (κ1) is 24.5. The molecule has 1 saturated heterocycles. The van der Waals surface area contributed by atoms with Crippen LogP contribution in [0.4, 0.5) is 9.59 Å². The van der Waals surface area contributed by atoms with Gasteiger partial charge in [0.1, 0.15) is 5.60 Å². The molecule has 1 aliphatic heterocycles. The number of hydrogen-bond donors (Lipinski definition) is 1. The lowest BCUT2D eigenvalue weighted by molar-refractivity contribution is -0.153. The molecule has 0 aromatic heterocycles. The van der Waals surface area contributed by atoms with E-state index in [-0.39, 0.29) is 18.9 Å². The average Bonchev–Trinajstić information content (AvgIpc) is 2.72. The van der Waals surface area contributed by atoms with Crippen molar-refractivity contribution in [2.45, 2.75) is 58.7 Å². The molecule has 2 rings (SSSR count). The smallest absolute Gasteiger partial charge is 0.410 e. The first-order chi connectivity index (χ1) is 14.7. The molecule has 0 spiro atoms. The van der Waals surface area contributed by atoms with E-state index in [1.165, 1.54) is 0 Å². The summed E-state index contributed by atoms with van der Waals surface area (Å²) in [6.45, 7) is 8.89. The van der Waals surface area contributed by atoms with Gasteiger partial charge in [0.15, 0.2) is 0 Å². The van der Waals surface area contributed by atoms with Crippen molar-refractivity contribution in [3.05, 3.63) is 35.9 Å². The quantitative estimate of drug-likeness (QED) is 0.521. The van der Waals surface area contributed by atoms with Crippen LogP contribution in [0.15, 0.2) is 30.3 Å². The molecule has 1 aromatic rings. The molecule has 1 fully saturated rings. The summed E-state index contributed by atoms with van der Waals surface area (Å²) in [7, 11) is 0. The van der Waals surface area contributed by atoms with Crippen molar-refractivity contribution < 1.29 is 28.6 Å². The third-order valence-corrected chi connectivity index (χ3v) is 4.86. The Kier molecular flexibility index (Phi) is 9.15. The van der Waals surface area contributed by atoms with Crippen LogP contribution in [-0.2, 0) is 25.4 Å². The molecule has 1 heterocycles. The van der Waals surface area contributed by atoms with Crippen LogP contribution in [0.2, 0.25) is 0 Å². The molecule has 2 amide bonds. The Hall–Kier alpha value is -2.77. The first-order valence-corrected chi connectivity index (χ1v) is 10.8. The zero-order valence-corrected chi connectivity index (χ0v) is 18.9. The van der Waals surface area contributed by atoms with Crippen molar-refractivity contribution in [3.63, 3.8) is 0 Å². The Bertz CT molecular complexity index is 723. The van der Waals surface area contributed by atoms with E-state index >= 15 is 0 Å². The Morgan fingerprint density at radius 1 is 1.13 bits per heavy atom. The molecular formula is C23H34N2O6. The van der Waals surface area contributed by atoms with Crippen LogP contribution in [-0.4, -0.2) is 61.0 Å². The fourth-order valence-electron chi connectivity index (χ4n) is 3.29. The van der Waals surface area contributed by atoms with E-state index in [0.29, 0.717) is 19.6 Å². The van der Waals surface area contributed by atoms with Crippen LogP contribution in [0.3, 0.4) is 0 Å².